The topological polar surface area (TPSA) is 109 Å². The predicted molar refractivity (Wildman–Crippen MR) is 115 cm³/mol. The number of nitrogens with one attached hydrogen (secondary N) is 1. The van der Waals surface area contributed by atoms with E-state index in [1.54, 1.807) is 31.2 Å². The van der Waals surface area contributed by atoms with Crippen LogP contribution in [0.3, 0.4) is 0 Å². The van der Waals surface area contributed by atoms with Crippen LogP contribution < -0.4 is 14.8 Å². The molecule has 0 spiro atoms. The highest BCUT2D eigenvalue weighted by atomic mass is 19.1. The minimum Gasteiger partial charge on any atom is -0.497 e. The Balaban J connectivity index is 2.05. The fraction of sp³-hybridized carbons (Fsp3) is 0.273. The molecule has 0 aliphatic heterocycles. The highest BCUT2D eigenvalue weighted by Crippen LogP contribution is 2.33. The van der Waals surface area contributed by atoms with E-state index in [-0.39, 0.29) is 23.2 Å². The first-order chi connectivity index (χ1) is 15.2. The molecule has 0 atom stereocenters. The van der Waals surface area contributed by atoms with Crippen molar-refractivity contribution in [3.8, 4) is 23.1 Å². The summed E-state index contributed by atoms with van der Waals surface area (Å²) in [6, 6.07) is 9.91. The first-order valence-corrected chi connectivity index (χ1v) is 9.85. The van der Waals surface area contributed by atoms with E-state index in [4.69, 9.17) is 9.47 Å². The van der Waals surface area contributed by atoms with Crippen LogP contribution in [0.2, 0.25) is 0 Å². The number of aromatic nitrogens is 2. The quantitative estimate of drug-likeness (QED) is 0.409. The Morgan fingerprint density at radius 3 is 2.50 bits per heavy atom. The number of benzene rings is 2. The van der Waals surface area contributed by atoms with Gasteiger partial charge in [-0.3, -0.25) is 14.9 Å². The highest BCUT2D eigenvalue weighted by Gasteiger charge is 2.24. The Hall–Kier alpha value is -3.95. The molecule has 0 saturated carbocycles. The normalized spacial score (nSPS) is 10.8. The summed E-state index contributed by atoms with van der Waals surface area (Å²) in [5.41, 5.74) is 0.664. The molecule has 3 rings (SSSR count). The molecule has 1 amide bonds. The lowest BCUT2D eigenvalue weighted by molar-refractivity contribution is -0.385. The van der Waals surface area contributed by atoms with Crippen LogP contribution in [0.5, 0.6) is 17.4 Å². The first kappa shape index (κ1) is 22.7. The van der Waals surface area contributed by atoms with E-state index in [1.807, 2.05) is 13.8 Å². The summed E-state index contributed by atoms with van der Waals surface area (Å²) in [6.07, 6.45) is 0. The van der Waals surface area contributed by atoms with Crippen LogP contribution in [0.4, 0.5) is 10.1 Å². The third-order valence-electron chi connectivity index (χ3n) is 4.60. The van der Waals surface area contributed by atoms with E-state index in [0.717, 1.165) is 18.2 Å². The Morgan fingerprint density at radius 2 is 1.94 bits per heavy atom. The molecule has 168 valence electrons. The zero-order valence-corrected chi connectivity index (χ0v) is 18.1. The molecule has 1 aromatic heterocycles. The number of methoxy groups -OCH3 is 1. The summed E-state index contributed by atoms with van der Waals surface area (Å²) < 4.78 is 26.8. The minimum atomic E-state index is -0.910. The molecule has 0 aliphatic carbocycles. The molecule has 0 bridgehead atoms. The average molecular weight is 442 g/mol. The number of hydrogen-bond acceptors (Lipinski definition) is 6. The average Bonchev–Trinajstić information content (AvgIpc) is 3.09. The number of ether oxygens (including phenoxy) is 2. The molecule has 1 heterocycles. The molecule has 0 unspecified atom stereocenters. The van der Waals surface area contributed by atoms with Crippen molar-refractivity contribution >= 4 is 11.6 Å². The van der Waals surface area contributed by atoms with Crippen molar-refractivity contribution in [1.29, 1.82) is 0 Å². The smallest absolute Gasteiger partial charge is 0.272 e. The zero-order chi connectivity index (χ0) is 23.4. The van der Waals surface area contributed by atoms with Crippen LogP contribution in [0, 0.1) is 28.8 Å². The van der Waals surface area contributed by atoms with Crippen LogP contribution in [-0.4, -0.2) is 34.3 Å². The van der Waals surface area contributed by atoms with Gasteiger partial charge in [0.25, 0.3) is 11.6 Å². The third-order valence-corrected chi connectivity index (χ3v) is 4.60. The number of carbonyl (C=O) groups is 1. The van der Waals surface area contributed by atoms with E-state index in [0.29, 0.717) is 23.5 Å². The molecule has 0 radical (unpaired) electrons. The second-order valence-electron chi connectivity index (χ2n) is 7.47. The fourth-order valence-corrected chi connectivity index (χ4v) is 2.89. The van der Waals surface area contributed by atoms with Gasteiger partial charge in [0.1, 0.15) is 5.75 Å². The second-order valence-corrected chi connectivity index (χ2v) is 7.47. The summed E-state index contributed by atoms with van der Waals surface area (Å²) in [5.74, 6) is -0.561. The lowest BCUT2D eigenvalue weighted by atomic mass is 10.2. The highest BCUT2D eigenvalue weighted by molar-refractivity contribution is 5.94. The molecule has 10 heteroatoms. The Bertz CT molecular complexity index is 1140. The number of rotatable bonds is 8. The van der Waals surface area contributed by atoms with Crippen LogP contribution in [-0.2, 0) is 0 Å². The van der Waals surface area contributed by atoms with E-state index in [1.165, 1.54) is 11.8 Å². The van der Waals surface area contributed by atoms with E-state index in [2.05, 4.69) is 10.4 Å². The molecule has 0 saturated heterocycles. The maximum absolute atomic E-state index is 14.5. The van der Waals surface area contributed by atoms with E-state index >= 15 is 0 Å². The molecule has 32 heavy (non-hydrogen) atoms. The lowest BCUT2D eigenvalue weighted by Gasteiger charge is -2.11. The number of halogens is 1. The number of non-ortho nitro benzene ring substituents is 1. The van der Waals surface area contributed by atoms with Gasteiger partial charge in [-0.25, -0.2) is 4.39 Å². The van der Waals surface area contributed by atoms with Crippen LogP contribution in [0.25, 0.3) is 5.69 Å². The summed E-state index contributed by atoms with van der Waals surface area (Å²) >= 11 is 0. The Labute approximate surface area is 183 Å². The van der Waals surface area contributed by atoms with Gasteiger partial charge in [0.15, 0.2) is 17.3 Å². The molecular weight excluding hydrogens is 419 g/mol. The van der Waals surface area contributed by atoms with Gasteiger partial charge in [0, 0.05) is 18.2 Å². The summed E-state index contributed by atoms with van der Waals surface area (Å²) in [5, 5.41) is 18.1. The standard InChI is InChI=1S/C22H23FN4O5/c1-13(2)12-24-21(28)20-14(3)22(26(25-20)15-5-8-17(31-4)9-6-15)32-19-10-7-16(27(29)30)11-18(19)23/h5-11,13H,12H2,1-4H3,(H,24,28). The van der Waals surface area contributed by atoms with Crippen molar-refractivity contribution in [2.24, 2.45) is 5.92 Å². The van der Waals surface area contributed by atoms with Gasteiger partial charge in [-0.05, 0) is 43.2 Å². The molecule has 9 nitrogen and oxygen atoms in total. The van der Waals surface area contributed by atoms with Gasteiger partial charge < -0.3 is 14.8 Å². The Kier molecular flexibility index (Phi) is 6.72. The summed E-state index contributed by atoms with van der Waals surface area (Å²) in [4.78, 5) is 22.9. The number of nitro benzene ring substituents is 1. The molecule has 1 N–H and O–H groups in total. The van der Waals surface area contributed by atoms with Crippen molar-refractivity contribution in [3.05, 3.63) is 69.7 Å². The predicted octanol–water partition coefficient (Wildman–Crippen LogP) is 4.41. The van der Waals surface area contributed by atoms with Gasteiger partial charge in [-0.1, -0.05) is 13.8 Å². The van der Waals surface area contributed by atoms with Crippen molar-refractivity contribution in [1.82, 2.24) is 15.1 Å². The molecule has 0 fully saturated rings. The number of amides is 1. The van der Waals surface area contributed by atoms with Gasteiger partial charge in [-0.2, -0.15) is 9.78 Å². The summed E-state index contributed by atoms with van der Waals surface area (Å²) in [6.45, 7) is 6.03. The van der Waals surface area contributed by atoms with Gasteiger partial charge in [0.2, 0.25) is 5.88 Å². The van der Waals surface area contributed by atoms with Crippen LogP contribution in [0.1, 0.15) is 29.9 Å². The van der Waals surface area contributed by atoms with E-state index in [9.17, 15) is 19.3 Å². The Morgan fingerprint density at radius 1 is 1.25 bits per heavy atom. The third kappa shape index (κ3) is 4.85. The van der Waals surface area contributed by atoms with Gasteiger partial charge in [-0.15, -0.1) is 0 Å². The van der Waals surface area contributed by atoms with E-state index < -0.39 is 22.3 Å². The van der Waals surface area contributed by atoms with Crippen LogP contribution >= 0.6 is 0 Å². The number of nitrogens with zero attached hydrogens (tertiary/aromatic N) is 3. The van der Waals surface area contributed by atoms with Crippen molar-refractivity contribution in [2.45, 2.75) is 20.8 Å². The second kappa shape index (κ2) is 9.46. The van der Waals surface area contributed by atoms with Crippen molar-refractivity contribution < 1.29 is 23.6 Å². The van der Waals surface area contributed by atoms with Gasteiger partial charge in [0.05, 0.1) is 23.8 Å². The monoisotopic (exact) mass is 442 g/mol. The number of carbonyl (C=O) groups excluding carboxylic acids is 1. The maximum atomic E-state index is 14.5. The molecule has 2 aromatic carbocycles. The number of hydrogen-bond donors (Lipinski definition) is 1. The van der Waals surface area contributed by atoms with Crippen molar-refractivity contribution in [2.75, 3.05) is 13.7 Å². The zero-order valence-electron chi connectivity index (χ0n) is 18.1. The largest absolute Gasteiger partial charge is 0.497 e. The maximum Gasteiger partial charge on any atom is 0.272 e. The fourth-order valence-electron chi connectivity index (χ4n) is 2.89. The number of nitro groups is 1. The molecular formula is C22H23FN4O5. The van der Waals surface area contributed by atoms with Crippen LogP contribution in [0.15, 0.2) is 42.5 Å². The molecule has 0 aliphatic rings. The first-order valence-electron chi connectivity index (χ1n) is 9.85. The molecule has 3 aromatic rings. The lowest BCUT2D eigenvalue weighted by Crippen LogP contribution is -2.28. The van der Waals surface area contributed by atoms with Gasteiger partial charge >= 0.3 is 0 Å². The minimum absolute atomic E-state index is 0.109. The summed E-state index contributed by atoms with van der Waals surface area (Å²) in [7, 11) is 1.54. The SMILES string of the molecule is COc1ccc(-n2nc(C(=O)NCC(C)C)c(C)c2Oc2ccc([N+](=O)[O-])cc2F)cc1. The van der Waals surface area contributed by atoms with Crippen molar-refractivity contribution in [3.63, 3.8) is 0 Å².